The standard InChI is InChI=1S/C18H19NO2/c1-11(12-6-4-3-5-7-12)19-16(20)15-13-8-9-14(10-13)18(15,2)17(19)21/h3-9,11,13-15H,10H2,1-2H3/t11-,13+,14-,15-,18-/m0/s1. The number of likely N-dealkylation sites (tertiary alicyclic amines) is 1. The van der Waals surface area contributed by atoms with Gasteiger partial charge >= 0.3 is 0 Å². The number of rotatable bonds is 2. The van der Waals surface area contributed by atoms with E-state index in [-0.39, 0.29) is 35.6 Å². The van der Waals surface area contributed by atoms with E-state index in [0.717, 1.165) is 12.0 Å². The molecule has 3 nitrogen and oxygen atoms in total. The van der Waals surface area contributed by atoms with Crippen molar-refractivity contribution in [3.63, 3.8) is 0 Å². The average molecular weight is 281 g/mol. The molecular weight excluding hydrogens is 262 g/mol. The first kappa shape index (κ1) is 12.8. The second-order valence-electron chi connectivity index (χ2n) is 6.75. The third-order valence-corrected chi connectivity index (χ3v) is 5.81. The van der Waals surface area contributed by atoms with Crippen LogP contribution in [0.2, 0.25) is 0 Å². The van der Waals surface area contributed by atoms with Gasteiger partial charge in [-0.1, -0.05) is 42.5 Å². The molecule has 0 spiro atoms. The third-order valence-electron chi connectivity index (χ3n) is 5.81. The molecule has 1 aromatic rings. The molecule has 1 heterocycles. The van der Waals surface area contributed by atoms with Gasteiger partial charge in [-0.2, -0.15) is 0 Å². The summed E-state index contributed by atoms with van der Waals surface area (Å²) in [4.78, 5) is 27.4. The number of amides is 2. The Morgan fingerprint density at radius 1 is 1.19 bits per heavy atom. The van der Waals surface area contributed by atoms with Gasteiger partial charge in [0.05, 0.1) is 17.4 Å². The quantitative estimate of drug-likeness (QED) is 0.617. The van der Waals surface area contributed by atoms with Crippen LogP contribution in [0, 0.1) is 23.2 Å². The van der Waals surface area contributed by atoms with E-state index in [1.54, 1.807) is 0 Å². The molecule has 4 rings (SSSR count). The van der Waals surface area contributed by atoms with Crippen molar-refractivity contribution >= 4 is 11.8 Å². The van der Waals surface area contributed by atoms with Gasteiger partial charge < -0.3 is 0 Å². The molecule has 1 aromatic carbocycles. The zero-order valence-electron chi connectivity index (χ0n) is 12.3. The van der Waals surface area contributed by atoms with Crippen LogP contribution in [0.15, 0.2) is 42.5 Å². The molecule has 1 saturated carbocycles. The molecule has 3 aliphatic rings. The number of hydrogen-bond donors (Lipinski definition) is 0. The molecule has 21 heavy (non-hydrogen) atoms. The van der Waals surface area contributed by atoms with Crippen molar-refractivity contribution in [1.29, 1.82) is 0 Å². The van der Waals surface area contributed by atoms with Gasteiger partial charge in [0.15, 0.2) is 0 Å². The van der Waals surface area contributed by atoms with Crippen molar-refractivity contribution in [2.45, 2.75) is 26.3 Å². The second-order valence-corrected chi connectivity index (χ2v) is 6.75. The van der Waals surface area contributed by atoms with Crippen LogP contribution in [0.25, 0.3) is 0 Å². The van der Waals surface area contributed by atoms with Gasteiger partial charge in [-0.25, -0.2) is 0 Å². The highest BCUT2D eigenvalue weighted by Crippen LogP contribution is 2.61. The highest BCUT2D eigenvalue weighted by molar-refractivity contribution is 6.09. The zero-order valence-corrected chi connectivity index (χ0v) is 12.3. The molecule has 1 aliphatic heterocycles. The molecule has 1 saturated heterocycles. The predicted molar refractivity (Wildman–Crippen MR) is 79.0 cm³/mol. The molecule has 2 bridgehead atoms. The lowest BCUT2D eigenvalue weighted by Crippen LogP contribution is -2.38. The number of hydrogen-bond acceptors (Lipinski definition) is 2. The lowest BCUT2D eigenvalue weighted by molar-refractivity contribution is -0.144. The Morgan fingerprint density at radius 2 is 1.90 bits per heavy atom. The van der Waals surface area contributed by atoms with Gasteiger partial charge in [0.25, 0.3) is 0 Å². The third kappa shape index (κ3) is 1.44. The van der Waals surface area contributed by atoms with Crippen LogP contribution in [0.3, 0.4) is 0 Å². The van der Waals surface area contributed by atoms with Crippen LogP contribution in [0.5, 0.6) is 0 Å². The van der Waals surface area contributed by atoms with Crippen LogP contribution in [-0.2, 0) is 9.59 Å². The second kappa shape index (κ2) is 4.06. The molecule has 2 amide bonds. The van der Waals surface area contributed by atoms with Gasteiger partial charge in [-0.15, -0.1) is 0 Å². The summed E-state index contributed by atoms with van der Waals surface area (Å²) in [6, 6.07) is 9.62. The van der Waals surface area contributed by atoms with E-state index in [1.165, 1.54) is 4.90 Å². The van der Waals surface area contributed by atoms with E-state index in [9.17, 15) is 9.59 Å². The molecule has 0 N–H and O–H groups in total. The summed E-state index contributed by atoms with van der Waals surface area (Å²) in [6.45, 7) is 3.94. The summed E-state index contributed by atoms with van der Waals surface area (Å²) in [7, 11) is 0. The van der Waals surface area contributed by atoms with Crippen LogP contribution >= 0.6 is 0 Å². The Labute approximate surface area is 124 Å². The number of allylic oxidation sites excluding steroid dienone is 2. The molecule has 0 radical (unpaired) electrons. The minimum atomic E-state index is -0.514. The average Bonchev–Trinajstić information content (AvgIpc) is 3.12. The minimum absolute atomic E-state index is 0.0192. The summed E-state index contributed by atoms with van der Waals surface area (Å²) in [5.41, 5.74) is 0.502. The number of benzene rings is 1. The van der Waals surface area contributed by atoms with Gasteiger partial charge in [0.2, 0.25) is 11.8 Å². The lowest BCUT2D eigenvalue weighted by Gasteiger charge is -2.29. The Balaban J connectivity index is 1.73. The molecule has 0 unspecified atom stereocenters. The topological polar surface area (TPSA) is 37.4 Å². The first-order valence-corrected chi connectivity index (χ1v) is 7.66. The molecule has 108 valence electrons. The van der Waals surface area contributed by atoms with Crippen molar-refractivity contribution in [1.82, 2.24) is 4.90 Å². The Morgan fingerprint density at radius 3 is 2.57 bits per heavy atom. The summed E-state index contributed by atoms with van der Waals surface area (Å²) in [6.07, 6.45) is 5.24. The molecule has 2 fully saturated rings. The fourth-order valence-corrected chi connectivity index (χ4v) is 4.58. The van der Waals surface area contributed by atoms with E-state index in [0.29, 0.717) is 0 Å². The normalized spacial score (nSPS) is 38.2. The molecule has 0 aromatic heterocycles. The van der Waals surface area contributed by atoms with Crippen molar-refractivity contribution in [2.75, 3.05) is 0 Å². The minimum Gasteiger partial charge on any atom is -0.274 e. The Kier molecular flexibility index (Phi) is 2.48. The highest BCUT2D eigenvalue weighted by atomic mass is 16.2. The monoisotopic (exact) mass is 281 g/mol. The molecule has 3 heteroatoms. The number of fused-ring (bicyclic) bond motifs is 5. The fraction of sp³-hybridized carbons (Fsp3) is 0.444. The maximum Gasteiger partial charge on any atom is 0.237 e. The summed E-state index contributed by atoms with van der Waals surface area (Å²) in [5, 5.41) is 0. The smallest absolute Gasteiger partial charge is 0.237 e. The van der Waals surface area contributed by atoms with Crippen molar-refractivity contribution in [2.24, 2.45) is 23.2 Å². The van der Waals surface area contributed by atoms with Gasteiger partial charge in [-0.05, 0) is 37.7 Å². The van der Waals surface area contributed by atoms with E-state index in [1.807, 2.05) is 44.2 Å². The van der Waals surface area contributed by atoms with E-state index < -0.39 is 5.41 Å². The van der Waals surface area contributed by atoms with Crippen molar-refractivity contribution < 1.29 is 9.59 Å². The maximum absolute atomic E-state index is 13.0. The van der Waals surface area contributed by atoms with Crippen LogP contribution in [0.4, 0.5) is 0 Å². The summed E-state index contributed by atoms with van der Waals surface area (Å²) in [5.74, 6) is 0.383. The first-order valence-electron chi connectivity index (χ1n) is 7.66. The molecule has 2 aliphatic carbocycles. The largest absolute Gasteiger partial charge is 0.274 e. The van der Waals surface area contributed by atoms with E-state index in [4.69, 9.17) is 0 Å². The zero-order chi connectivity index (χ0) is 14.8. The number of nitrogens with zero attached hydrogens (tertiary/aromatic N) is 1. The lowest BCUT2D eigenvalue weighted by atomic mass is 9.71. The number of carbonyl (C=O) groups excluding carboxylic acids is 2. The number of carbonyl (C=O) groups is 2. The predicted octanol–water partition coefficient (Wildman–Crippen LogP) is 2.94. The van der Waals surface area contributed by atoms with Gasteiger partial charge in [-0.3, -0.25) is 14.5 Å². The Hall–Kier alpha value is -1.90. The van der Waals surface area contributed by atoms with E-state index >= 15 is 0 Å². The molecular formula is C18H19NO2. The van der Waals surface area contributed by atoms with Gasteiger partial charge in [0, 0.05) is 0 Å². The van der Waals surface area contributed by atoms with Crippen LogP contribution in [0.1, 0.15) is 31.9 Å². The Bertz CT molecular complexity index is 650. The maximum atomic E-state index is 13.0. The van der Waals surface area contributed by atoms with Crippen LogP contribution < -0.4 is 0 Å². The molecule has 5 atom stereocenters. The summed E-state index contributed by atoms with van der Waals surface area (Å²) < 4.78 is 0. The van der Waals surface area contributed by atoms with Gasteiger partial charge in [0.1, 0.15) is 0 Å². The first-order chi connectivity index (χ1) is 10.0. The fourth-order valence-electron chi connectivity index (χ4n) is 4.58. The highest BCUT2D eigenvalue weighted by Gasteiger charge is 2.67. The SMILES string of the molecule is C[C@@H](c1ccccc1)N1C(=O)[C@@H]2[C@@H]3C=C[C@@H](C3)[C@]2(C)C1=O. The van der Waals surface area contributed by atoms with E-state index in [2.05, 4.69) is 12.2 Å². The van der Waals surface area contributed by atoms with Crippen molar-refractivity contribution in [3.8, 4) is 0 Å². The number of imide groups is 1. The summed E-state index contributed by atoms with van der Waals surface area (Å²) >= 11 is 0. The van der Waals surface area contributed by atoms with Crippen LogP contribution in [-0.4, -0.2) is 16.7 Å². The van der Waals surface area contributed by atoms with Crippen molar-refractivity contribution in [3.05, 3.63) is 48.0 Å².